The molecular formula is C122H78N6O. The summed E-state index contributed by atoms with van der Waals surface area (Å²) in [4.78, 5) is 0. The quantitative estimate of drug-likeness (QED) is 0.142. The Morgan fingerprint density at radius 1 is 0.140 bits per heavy atom. The van der Waals surface area contributed by atoms with Gasteiger partial charge in [-0.15, -0.1) is 0 Å². The standard InChI is InChI=1S/C46H30N2.C42H26N2O.C34H22N2/c1-3-13-31(14-4-1)33-23-27-35(28-24-33)47-41-21-11-9-19-39(41)43-44-40-20-10-12-22-42(40)48(46(44)38-18-8-7-17-37(38)45(43)47)36-29-25-34(26-30-36)32-15-5-2-6-16-32;1-3-12-28(13-4-1)43-35-20-9-7-17-33(35)40-36(43)24-25-37-41(40)34-23-22-27(26-38(34)44(37)29-14-5-2-6-15-29)30-18-11-19-32-31-16-8-10-21-39(31)45-42(30)32;1-3-13-23(14-4-1)35-29-21-11-9-19-27(29)31-32-28-20-10-12-22-30(28)36(24-15-5-2-6-16-24)34(32)26-18-8-7-17-25(26)33(31)35/h1-30H;1-26H;1-22H. The highest BCUT2D eigenvalue weighted by molar-refractivity contribution is 6.39. The topological polar surface area (TPSA) is 42.7 Å². The Hall–Kier alpha value is -17.3. The summed E-state index contributed by atoms with van der Waals surface area (Å²) < 4.78 is 21.1. The van der Waals surface area contributed by atoms with Crippen LogP contribution in [0.1, 0.15) is 0 Å². The van der Waals surface area contributed by atoms with Gasteiger partial charge in [0.2, 0.25) is 0 Å². The Morgan fingerprint density at radius 2 is 0.395 bits per heavy atom. The number of nitrogens with zero attached hydrogens (tertiary/aromatic N) is 6. The minimum absolute atomic E-state index is 0.914. The molecule has 7 heterocycles. The van der Waals surface area contributed by atoms with E-state index in [9.17, 15) is 0 Å². The van der Waals surface area contributed by atoms with E-state index in [1.54, 1.807) is 0 Å². The normalized spacial score (nSPS) is 11.9. The summed E-state index contributed by atoms with van der Waals surface area (Å²) in [6.45, 7) is 0. The van der Waals surface area contributed by atoms with Crippen LogP contribution in [-0.2, 0) is 0 Å². The molecular weight excluding hydrogens is 1570 g/mol. The molecule has 0 aliphatic carbocycles. The van der Waals surface area contributed by atoms with Crippen molar-refractivity contribution in [3.05, 3.63) is 473 Å². The third kappa shape index (κ3) is 11.4. The molecule has 129 heavy (non-hydrogen) atoms. The van der Waals surface area contributed by atoms with Crippen LogP contribution in [0.15, 0.2) is 478 Å². The molecule has 0 spiro atoms. The van der Waals surface area contributed by atoms with E-state index >= 15 is 0 Å². The lowest BCUT2D eigenvalue weighted by molar-refractivity contribution is 0.670. The Bertz CT molecular complexity index is 8970. The van der Waals surface area contributed by atoms with Gasteiger partial charge in [-0.25, -0.2) is 0 Å². The van der Waals surface area contributed by atoms with Crippen LogP contribution in [0.3, 0.4) is 0 Å². The fourth-order valence-corrected chi connectivity index (χ4v) is 21.3. The van der Waals surface area contributed by atoms with Crippen LogP contribution in [0.25, 0.3) is 242 Å². The van der Waals surface area contributed by atoms with Gasteiger partial charge in [0.15, 0.2) is 0 Å². The zero-order valence-electron chi connectivity index (χ0n) is 70.1. The number of benzene rings is 21. The van der Waals surface area contributed by atoms with E-state index in [0.717, 1.165) is 55.8 Å². The van der Waals surface area contributed by atoms with E-state index in [2.05, 4.69) is 488 Å². The molecule has 28 rings (SSSR count). The zero-order chi connectivity index (χ0) is 84.7. The van der Waals surface area contributed by atoms with Crippen molar-refractivity contribution in [3.63, 3.8) is 0 Å². The summed E-state index contributed by atoms with van der Waals surface area (Å²) in [5.74, 6) is 0. The second-order valence-electron chi connectivity index (χ2n) is 33.6. The number of rotatable bonds is 9. The molecule has 0 amide bonds. The highest BCUT2D eigenvalue weighted by Gasteiger charge is 2.29. The van der Waals surface area contributed by atoms with Crippen molar-refractivity contribution in [1.82, 2.24) is 27.4 Å². The number of furan rings is 1. The summed E-state index contributed by atoms with van der Waals surface area (Å²) in [6, 6.07) is 170. The van der Waals surface area contributed by atoms with E-state index in [1.807, 2.05) is 12.1 Å². The molecule has 0 bridgehead atoms. The molecule has 0 atom stereocenters. The fraction of sp³-hybridized carbons (Fsp3) is 0. The molecule has 0 aliphatic rings. The first-order valence-corrected chi connectivity index (χ1v) is 44.3. The van der Waals surface area contributed by atoms with Gasteiger partial charge in [0.05, 0.1) is 66.2 Å². The molecule has 0 saturated heterocycles. The van der Waals surface area contributed by atoms with E-state index in [4.69, 9.17) is 4.42 Å². The van der Waals surface area contributed by atoms with Crippen molar-refractivity contribution >= 4 is 174 Å². The van der Waals surface area contributed by atoms with E-state index in [0.29, 0.717) is 0 Å². The van der Waals surface area contributed by atoms with Gasteiger partial charge in [-0.3, -0.25) is 0 Å². The Balaban J connectivity index is 0.000000103. The molecule has 0 fully saturated rings. The van der Waals surface area contributed by atoms with Crippen molar-refractivity contribution in [3.8, 4) is 67.5 Å². The van der Waals surface area contributed by atoms with Crippen molar-refractivity contribution in [1.29, 1.82) is 0 Å². The predicted molar refractivity (Wildman–Crippen MR) is 544 cm³/mol. The van der Waals surface area contributed by atoms with E-state index in [1.165, 1.54) is 186 Å². The third-order valence-corrected chi connectivity index (χ3v) is 26.7. The van der Waals surface area contributed by atoms with Crippen molar-refractivity contribution in [2.75, 3.05) is 0 Å². The van der Waals surface area contributed by atoms with E-state index in [-0.39, 0.29) is 0 Å². The van der Waals surface area contributed by atoms with Crippen molar-refractivity contribution in [2.24, 2.45) is 0 Å². The highest BCUT2D eigenvalue weighted by atomic mass is 16.3. The minimum atomic E-state index is 0.914. The molecule has 0 aliphatic heterocycles. The van der Waals surface area contributed by atoms with Gasteiger partial charge in [0.1, 0.15) is 11.2 Å². The highest BCUT2D eigenvalue weighted by Crippen LogP contribution is 2.51. The van der Waals surface area contributed by atoms with Crippen LogP contribution in [0.5, 0.6) is 0 Å². The summed E-state index contributed by atoms with van der Waals surface area (Å²) in [6.07, 6.45) is 0. The van der Waals surface area contributed by atoms with Gasteiger partial charge in [-0.05, 0) is 155 Å². The molecule has 7 nitrogen and oxygen atoms in total. The summed E-state index contributed by atoms with van der Waals surface area (Å²) in [5.41, 5.74) is 30.6. The third-order valence-electron chi connectivity index (χ3n) is 26.7. The van der Waals surface area contributed by atoms with Crippen molar-refractivity contribution < 1.29 is 4.42 Å². The zero-order valence-corrected chi connectivity index (χ0v) is 70.1. The van der Waals surface area contributed by atoms with Gasteiger partial charge < -0.3 is 31.8 Å². The van der Waals surface area contributed by atoms with E-state index < -0.39 is 0 Å². The lowest BCUT2D eigenvalue weighted by Gasteiger charge is -2.14. The molecule has 0 saturated carbocycles. The first kappa shape index (κ1) is 73.3. The van der Waals surface area contributed by atoms with Crippen LogP contribution < -0.4 is 0 Å². The minimum Gasteiger partial charge on any atom is -0.455 e. The first-order valence-electron chi connectivity index (χ1n) is 44.3. The summed E-state index contributed by atoms with van der Waals surface area (Å²) >= 11 is 0. The Kier molecular flexibility index (Phi) is 16.9. The maximum atomic E-state index is 6.46. The van der Waals surface area contributed by atoms with Gasteiger partial charge >= 0.3 is 0 Å². The summed E-state index contributed by atoms with van der Waals surface area (Å²) in [7, 11) is 0. The molecule has 21 aromatic carbocycles. The van der Waals surface area contributed by atoms with Crippen molar-refractivity contribution in [2.45, 2.75) is 0 Å². The number of hydrogen-bond donors (Lipinski definition) is 0. The Labute approximate surface area is 741 Å². The monoisotopic (exact) mass is 1640 g/mol. The van der Waals surface area contributed by atoms with Crippen LogP contribution >= 0.6 is 0 Å². The molecule has 0 unspecified atom stereocenters. The predicted octanol–water partition coefficient (Wildman–Crippen LogP) is 32.8. The van der Waals surface area contributed by atoms with Crippen LogP contribution in [0, 0.1) is 0 Å². The second kappa shape index (κ2) is 29.7. The molecule has 7 aromatic heterocycles. The molecule has 0 radical (unpaired) electrons. The summed E-state index contributed by atoms with van der Waals surface area (Å²) in [5, 5.41) is 22.6. The number of aromatic nitrogens is 6. The van der Waals surface area contributed by atoms with Gasteiger partial charge in [-0.1, -0.05) is 346 Å². The van der Waals surface area contributed by atoms with Crippen LogP contribution in [0.4, 0.5) is 0 Å². The SMILES string of the molecule is c1ccc(-c2ccc(-n3c4ccccc4c4c5c6ccccc6n(-c6ccc(-c7ccccc7)cc6)c5c5ccccc5c43)cc2)cc1.c1ccc(-n2c3ccccc3c3c4c5ccc(-c6cccc7c6oc6ccccc67)cc5n(-c5ccccc5)c4ccc32)cc1.c1ccc(-n2c3ccccc3c3c4c5ccccc5n(-c5ccccc5)c4c4ccccc4c32)cc1. The molecule has 28 aromatic rings. The lowest BCUT2D eigenvalue weighted by atomic mass is 9.99. The van der Waals surface area contributed by atoms with Crippen LogP contribution in [-0.4, -0.2) is 27.4 Å². The number of hydrogen-bond acceptors (Lipinski definition) is 1. The Morgan fingerprint density at radius 3 is 0.767 bits per heavy atom. The van der Waals surface area contributed by atoms with Gasteiger partial charge in [0, 0.05) is 137 Å². The molecule has 7 heteroatoms. The van der Waals surface area contributed by atoms with Crippen LogP contribution in [0.2, 0.25) is 0 Å². The van der Waals surface area contributed by atoms with Gasteiger partial charge in [0.25, 0.3) is 0 Å². The number of para-hydroxylation sites is 11. The van der Waals surface area contributed by atoms with Gasteiger partial charge in [-0.2, -0.15) is 0 Å². The smallest absolute Gasteiger partial charge is 0.143 e. The number of fused-ring (bicyclic) bond motifs is 30. The molecule has 0 N–H and O–H groups in total. The average molecular weight is 1640 g/mol. The average Bonchev–Trinajstić information content (AvgIpc) is 1.53. The molecule has 602 valence electrons. The maximum Gasteiger partial charge on any atom is 0.143 e. The lowest BCUT2D eigenvalue weighted by Crippen LogP contribution is -1.97. The fourth-order valence-electron chi connectivity index (χ4n) is 21.3. The largest absolute Gasteiger partial charge is 0.455 e. The second-order valence-corrected chi connectivity index (χ2v) is 33.6. The maximum absolute atomic E-state index is 6.46. The first-order chi connectivity index (χ1) is 64.1.